The molecular weight excluding hydrogens is 358 g/mol. The number of rotatable bonds is 6. The average Bonchev–Trinajstić information content (AvgIpc) is 3.12. The highest BCUT2D eigenvalue weighted by molar-refractivity contribution is 5.93. The van der Waals surface area contributed by atoms with Crippen molar-refractivity contribution in [1.29, 1.82) is 0 Å². The molecule has 1 atom stereocenters. The first kappa shape index (κ1) is 18.4. The van der Waals surface area contributed by atoms with Gasteiger partial charge in [0.25, 0.3) is 5.91 Å². The molecule has 0 bridgehead atoms. The zero-order valence-corrected chi connectivity index (χ0v) is 14.5. The summed E-state index contributed by atoms with van der Waals surface area (Å²) >= 11 is 0. The summed E-state index contributed by atoms with van der Waals surface area (Å²) in [6.45, 7) is 1.56. The van der Waals surface area contributed by atoms with E-state index < -0.39 is 23.6 Å². The van der Waals surface area contributed by atoms with Gasteiger partial charge in [-0.25, -0.2) is 8.78 Å². The topological polar surface area (TPSA) is 73.6 Å². The number of para-hydroxylation sites is 2. The third-order valence-electron chi connectivity index (χ3n) is 3.71. The van der Waals surface area contributed by atoms with Crippen molar-refractivity contribution in [1.82, 2.24) is 5.16 Å². The predicted molar refractivity (Wildman–Crippen MR) is 93.6 cm³/mol. The summed E-state index contributed by atoms with van der Waals surface area (Å²) in [5, 5.41) is 6.26. The van der Waals surface area contributed by atoms with Crippen molar-refractivity contribution < 1.29 is 27.6 Å². The standard InChI is InChI=1S/C19H16F2N2O4/c1-11(26-17-6-4-3-5-16(17)25-2)19(24)22-18-10-15(23-27-18)12-7-8-13(20)14(21)9-12/h3-11H,1-2H3,(H,22,24)/t11-/m0/s1. The molecule has 1 aromatic heterocycles. The maximum atomic E-state index is 13.3. The van der Waals surface area contributed by atoms with Crippen LogP contribution in [0.4, 0.5) is 14.7 Å². The monoisotopic (exact) mass is 374 g/mol. The van der Waals surface area contributed by atoms with Crippen molar-refractivity contribution in [2.45, 2.75) is 13.0 Å². The van der Waals surface area contributed by atoms with Crippen molar-refractivity contribution >= 4 is 11.8 Å². The molecule has 27 heavy (non-hydrogen) atoms. The first-order chi connectivity index (χ1) is 13.0. The van der Waals surface area contributed by atoms with Crippen LogP contribution in [0.25, 0.3) is 11.3 Å². The molecule has 140 valence electrons. The molecule has 0 saturated carbocycles. The van der Waals surface area contributed by atoms with Crippen LogP contribution in [0.15, 0.2) is 53.1 Å². The molecule has 8 heteroatoms. The quantitative estimate of drug-likeness (QED) is 0.705. The fourth-order valence-corrected chi connectivity index (χ4v) is 2.31. The first-order valence-electron chi connectivity index (χ1n) is 8.00. The van der Waals surface area contributed by atoms with E-state index in [9.17, 15) is 13.6 Å². The van der Waals surface area contributed by atoms with Crippen LogP contribution >= 0.6 is 0 Å². The summed E-state index contributed by atoms with van der Waals surface area (Å²) in [5.41, 5.74) is 0.568. The number of methoxy groups -OCH3 is 1. The van der Waals surface area contributed by atoms with E-state index in [2.05, 4.69) is 10.5 Å². The fourth-order valence-electron chi connectivity index (χ4n) is 2.31. The van der Waals surface area contributed by atoms with Crippen LogP contribution in [-0.2, 0) is 4.79 Å². The molecule has 0 fully saturated rings. The fraction of sp³-hybridized carbons (Fsp3) is 0.158. The number of anilines is 1. The van der Waals surface area contributed by atoms with Crippen molar-refractivity contribution in [2.24, 2.45) is 0 Å². The maximum Gasteiger partial charge on any atom is 0.267 e. The summed E-state index contributed by atoms with van der Waals surface area (Å²) in [5.74, 6) is -1.47. The largest absolute Gasteiger partial charge is 0.493 e. The zero-order valence-electron chi connectivity index (χ0n) is 14.5. The molecule has 3 aromatic rings. The van der Waals surface area contributed by atoms with Crippen molar-refractivity contribution in [3.8, 4) is 22.8 Å². The number of nitrogens with zero attached hydrogens (tertiary/aromatic N) is 1. The van der Waals surface area contributed by atoms with E-state index in [4.69, 9.17) is 14.0 Å². The number of hydrogen-bond donors (Lipinski definition) is 1. The Balaban J connectivity index is 1.67. The van der Waals surface area contributed by atoms with Gasteiger partial charge in [0.05, 0.1) is 7.11 Å². The Morgan fingerprint density at radius 2 is 1.85 bits per heavy atom. The SMILES string of the molecule is COc1ccccc1O[C@@H](C)C(=O)Nc1cc(-c2ccc(F)c(F)c2)no1. The average molecular weight is 374 g/mol. The van der Waals surface area contributed by atoms with Gasteiger partial charge in [0.1, 0.15) is 5.69 Å². The van der Waals surface area contributed by atoms with E-state index >= 15 is 0 Å². The molecule has 0 aliphatic carbocycles. The molecule has 0 radical (unpaired) electrons. The van der Waals surface area contributed by atoms with E-state index in [0.29, 0.717) is 17.1 Å². The molecule has 3 rings (SSSR count). The van der Waals surface area contributed by atoms with Gasteiger partial charge in [-0.2, -0.15) is 0 Å². The number of carbonyl (C=O) groups is 1. The third-order valence-corrected chi connectivity index (χ3v) is 3.71. The van der Waals surface area contributed by atoms with Gasteiger partial charge in [0, 0.05) is 11.6 Å². The van der Waals surface area contributed by atoms with Gasteiger partial charge in [0.15, 0.2) is 29.2 Å². The van der Waals surface area contributed by atoms with Crippen LogP contribution < -0.4 is 14.8 Å². The van der Waals surface area contributed by atoms with E-state index in [1.165, 1.54) is 19.2 Å². The molecule has 1 heterocycles. The van der Waals surface area contributed by atoms with E-state index in [0.717, 1.165) is 12.1 Å². The Labute approximate surface area is 153 Å². The highest BCUT2D eigenvalue weighted by Crippen LogP contribution is 2.27. The molecule has 2 aromatic carbocycles. The van der Waals surface area contributed by atoms with Crippen molar-refractivity contribution in [3.05, 3.63) is 60.2 Å². The zero-order chi connectivity index (χ0) is 19.4. The number of carbonyl (C=O) groups excluding carboxylic acids is 1. The Bertz CT molecular complexity index is 958. The van der Waals surface area contributed by atoms with Gasteiger partial charge in [0.2, 0.25) is 5.88 Å². The minimum absolute atomic E-state index is 0.0511. The number of aromatic nitrogens is 1. The highest BCUT2D eigenvalue weighted by atomic mass is 19.2. The maximum absolute atomic E-state index is 13.3. The van der Waals surface area contributed by atoms with Gasteiger partial charge in [-0.3, -0.25) is 10.1 Å². The first-order valence-corrected chi connectivity index (χ1v) is 8.00. The lowest BCUT2D eigenvalue weighted by Crippen LogP contribution is -2.30. The number of benzene rings is 2. The molecule has 0 spiro atoms. The molecule has 0 saturated heterocycles. The number of hydrogen-bond acceptors (Lipinski definition) is 5. The second-order valence-electron chi connectivity index (χ2n) is 5.61. The molecule has 1 N–H and O–H groups in total. The molecular formula is C19H16F2N2O4. The van der Waals surface area contributed by atoms with E-state index in [-0.39, 0.29) is 11.6 Å². The number of halogens is 2. The lowest BCUT2D eigenvalue weighted by molar-refractivity contribution is -0.122. The van der Waals surface area contributed by atoms with E-state index in [1.807, 2.05) is 0 Å². The number of nitrogens with one attached hydrogen (secondary N) is 1. The summed E-state index contributed by atoms with van der Waals surface area (Å²) < 4.78 is 42.1. The van der Waals surface area contributed by atoms with E-state index in [1.54, 1.807) is 31.2 Å². The number of ether oxygens (including phenoxy) is 2. The second-order valence-corrected chi connectivity index (χ2v) is 5.61. The highest BCUT2D eigenvalue weighted by Gasteiger charge is 2.19. The molecule has 6 nitrogen and oxygen atoms in total. The lowest BCUT2D eigenvalue weighted by Gasteiger charge is -2.15. The Morgan fingerprint density at radius 3 is 2.56 bits per heavy atom. The molecule has 0 aliphatic rings. The predicted octanol–water partition coefficient (Wildman–Crippen LogP) is 4.03. The summed E-state index contributed by atoms with van der Waals surface area (Å²) in [6.07, 6.45) is -0.849. The van der Waals surface area contributed by atoms with Crippen LogP contribution in [0.3, 0.4) is 0 Å². The Hall–Kier alpha value is -3.42. The second kappa shape index (κ2) is 7.86. The normalized spacial score (nSPS) is 11.7. The summed E-state index contributed by atoms with van der Waals surface area (Å²) in [7, 11) is 1.50. The molecule has 0 aliphatic heterocycles. The smallest absolute Gasteiger partial charge is 0.267 e. The third kappa shape index (κ3) is 4.22. The number of amides is 1. The molecule has 0 unspecified atom stereocenters. The molecule has 1 amide bonds. The lowest BCUT2D eigenvalue weighted by atomic mass is 10.1. The van der Waals surface area contributed by atoms with Crippen LogP contribution in [0.5, 0.6) is 11.5 Å². The van der Waals surface area contributed by atoms with Crippen LogP contribution in [0.1, 0.15) is 6.92 Å². The minimum atomic E-state index is -1.00. The van der Waals surface area contributed by atoms with Crippen LogP contribution in [0, 0.1) is 11.6 Å². The van der Waals surface area contributed by atoms with Crippen LogP contribution in [0.2, 0.25) is 0 Å². The van der Waals surface area contributed by atoms with Gasteiger partial charge in [-0.1, -0.05) is 17.3 Å². The Morgan fingerprint density at radius 1 is 1.11 bits per heavy atom. The van der Waals surface area contributed by atoms with Gasteiger partial charge >= 0.3 is 0 Å². The summed E-state index contributed by atoms with van der Waals surface area (Å²) in [4.78, 5) is 12.3. The minimum Gasteiger partial charge on any atom is -0.493 e. The van der Waals surface area contributed by atoms with Gasteiger partial charge in [-0.15, -0.1) is 0 Å². The Kier molecular flexibility index (Phi) is 5.35. The van der Waals surface area contributed by atoms with Gasteiger partial charge < -0.3 is 14.0 Å². The van der Waals surface area contributed by atoms with Crippen molar-refractivity contribution in [3.63, 3.8) is 0 Å². The van der Waals surface area contributed by atoms with Crippen LogP contribution in [-0.4, -0.2) is 24.3 Å². The van der Waals surface area contributed by atoms with Gasteiger partial charge in [-0.05, 0) is 37.3 Å². The van der Waals surface area contributed by atoms with Crippen molar-refractivity contribution in [2.75, 3.05) is 12.4 Å². The summed E-state index contributed by atoms with van der Waals surface area (Å²) in [6, 6.07) is 11.7.